The monoisotopic (exact) mass is 468 g/mol. The van der Waals surface area contributed by atoms with Crippen LogP contribution in [0.2, 0.25) is 0 Å². The molecule has 0 aromatic heterocycles. The number of β-amino-alcohol motifs (C(OH)–C–C–N with tert-alkyl or cyclic N) is 1. The fraction of sp³-hybridized carbons (Fsp3) is 0.964. The molecule has 0 amide bonds. The van der Waals surface area contributed by atoms with E-state index < -0.39 is 0 Å². The normalized spacial score (nSPS) is 17.5. The van der Waals surface area contributed by atoms with E-state index >= 15 is 0 Å². The maximum absolute atomic E-state index is 12.2. The van der Waals surface area contributed by atoms with Crippen LogP contribution in [0.15, 0.2) is 0 Å². The highest BCUT2D eigenvalue weighted by molar-refractivity contribution is 5.69. The van der Waals surface area contributed by atoms with E-state index in [1.165, 1.54) is 77.0 Å². The number of unbranched alkanes of at least 4 members (excludes halogenated alkanes) is 10. The lowest BCUT2D eigenvalue weighted by atomic mass is 9.95. The molecule has 1 fully saturated rings. The average molecular weight is 469 g/mol. The highest BCUT2D eigenvalue weighted by Gasteiger charge is 2.19. The van der Waals surface area contributed by atoms with E-state index in [2.05, 4.69) is 24.1 Å². The van der Waals surface area contributed by atoms with Crippen LogP contribution in [-0.2, 0) is 9.53 Å². The number of aliphatic hydroxyl groups is 1. The van der Waals surface area contributed by atoms with Crippen molar-refractivity contribution >= 4 is 5.97 Å². The first-order valence-corrected chi connectivity index (χ1v) is 14.4. The Morgan fingerprint density at radius 3 is 2.21 bits per heavy atom. The standard InChI is InChI=1S/C28H56N2O3/c1-3-5-7-9-10-13-17-26(16-12-8-6-4-2)25-33-28(32)18-14-11-15-20-29-21-23-30-22-19-27(31)24-30/h26-27,29,31H,3-25H2,1-2H3. The number of esters is 1. The van der Waals surface area contributed by atoms with Gasteiger partial charge in [0.1, 0.15) is 0 Å². The second-order valence-electron chi connectivity index (χ2n) is 10.3. The molecule has 196 valence electrons. The van der Waals surface area contributed by atoms with Crippen LogP contribution in [0.25, 0.3) is 0 Å². The predicted octanol–water partition coefficient (Wildman–Crippen LogP) is 6.08. The van der Waals surface area contributed by atoms with Gasteiger partial charge in [0.25, 0.3) is 0 Å². The van der Waals surface area contributed by atoms with E-state index in [0.717, 1.165) is 58.4 Å². The van der Waals surface area contributed by atoms with Gasteiger partial charge in [0.2, 0.25) is 0 Å². The van der Waals surface area contributed by atoms with Crippen LogP contribution in [0.3, 0.4) is 0 Å². The summed E-state index contributed by atoms with van der Waals surface area (Å²) in [4.78, 5) is 14.5. The number of rotatable bonds is 23. The van der Waals surface area contributed by atoms with Crippen molar-refractivity contribution in [2.75, 3.05) is 39.3 Å². The summed E-state index contributed by atoms with van der Waals surface area (Å²) in [5.41, 5.74) is 0. The van der Waals surface area contributed by atoms with Crippen molar-refractivity contribution in [3.05, 3.63) is 0 Å². The summed E-state index contributed by atoms with van der Waals surface area (Å²) in [6.07, 6.45) is 20.0. The molecule has 1 aliphatic rings. The number of aliphatic hydroxyl groups excluding tert-OH is 1. The van der Waals surface area contributed by atoms with Crippen LogP contribution in [0.1, 0.15) is 123 Å². The van der Waals surface area contributed by atoms with Crippen LogP contribution in [0.5, 0.6) is 0 Å². The minimum atomic E-state index is -0.128. The number of likely N-dealkylation sites (tertiary alicyclic amines) is 1. The van der Waals surface area contributed by atoms with Crippen molar-refractivity contribution in [2.24, 2.45) is 5.92 Å². The molecule has 0 aromatic rings. The minimum absolute atomic E-state index is 0.00273. The number of carbonyl (C=O) groups is 1. The summed E-state index contributed by atoms with van der Waals surface area (Å²) in [6.45, 7) is 9.99. The van der Waals surface area contributed by atoms with Crippen LogP contribution in [0, 0.1) is 5.92 Å². The second kappa shape index (κ2) is 21.9. The molecule has 0 aromatic carbocycles. The van der Waals surface area contributed by atoms with Gasteiger partial charge in [0.15, 0.2) is 0 Å². The quantitative estimate of drug-likeness (QED) is 0.140. The molecular weight excluding hydrogens is 412 g/mol. The maximum atomic E-state index is 12.2. The van der Waals surface area contributed by atoms with Crippen LogP contribution in [-0.4, -0.2) is 61.4 Å². The van der Waals surface area contributed by atoms with E-state index in [4.69, 9.17) is 4.74 Å². The topological polar surface area (TPSA) is 61.8 Å². The van der Waals surface area contributed by atoms with Crippen LogP contribution in [0.4, 0.5) is 0 Å². The molecule has 2 N–H and O–H groups in total. The van der Waals surface area contributed by atoms with Gasteiger partial charge in [-0.15, -0.1) is 0 Å². The molecule has 2 unspecified atom stereocenters. The lowest BCUT2D eigenvalue weighted by Gasteiger charge is -2.17. The SMILES string of the molecule is CCCCCCCCC(CCCCCC)COC(=O)CCCCCNCCN1CCC(O)C1. The summed E-state index contributed by atoms with van der Waals surface area (Å²) in [7, 11) is 0. The number of nitrogens with one attached hydrogen (secondary N) is 1. The van der Waals surface area contributed by atoms with E-state index in [-0.39, 0.29) is 12.1 Å². The van der Waals surface area contributed by atoms with E-state index in [0.29, 0.717) is 18.9 Å². The molecule has 1 saturated heterocycles. The predicted molar refractivity (Wildman–Crippen MR) is 140 cm³/mol. The van der Waals surface area contributed by atoms with E-state index in [9.17, 15) is 9.90 Å². The Labute approximate surface area is 205 Å². The Balaban J connectivity index is 2.03. The fourth-order valence-electron chi connectivity index (χ4n) is 4.74. The molecule has 0 spiro atoms. The molecule has 0 aliphatic carbocycles. The Hall–Kier alpha value is -0.650. The molecule has 0 radical (unpaired) electrons. The molecule has 1 rings (SSSR count). The number of carbonyl (C=O) groups excluding carboxylic acids is 1. The van der Waals surface area contributed by atoms with Crippen molar-refractivity contribution in [3.8, 4) is 0 Å². The molecule has 5 heteroatoms. The molecule has 0 saturated carbocycles. The second-order valence-corrected chi connectivity index (χ2v) is 10.3. The Kier molecular flexibility index (Phi) is 20.1. The molecule has 33 heavy (non-hydrogen) atoms. The van der Waals surface area contributed by atoms with Gasteiger partial charge in [0, 0.05) is 32.6 Å². The molecule has 5 nitrogen and oxygen atoms in total. The molecule has 1 aliphatic heterocycles. The zero-order valence-corrected chi connectivity index (χ0v) is 22.1. The Morgan fingerprint density at radius 1 is 0.909 bits per heavy atom. The van der Waals surface area contributed by atoms with Crippen LogP contribution >= 0.6 is 0 Å². The summed E-state index contributed by atoms with van der Waals surface area (Å²) >= 11 is 0. The van der Waals surface area contributed by atoms with Crippen molar-refractivity contribution in [2.45, 2.75) is 129 Å². The first-order chi connectivity index (χ1) is 16.2. The maximum Gasteiger partial charge on any atom is 0.305 e. The average Bonchev–Trinajstić information content (AvgIpc) is 3.23. The van der Waals surface area contributed by atoms with E-state index in [1.807, 2.05) is 0 Å². The first-order valence-electron chi connectivity index (χ1n) is 14.4. The van der Waals surface area contributed by atoms with Gasteiger partial charge in [-0.2, -0.15) is 0 Å². The van der Waals surface area contributed by atoms with Crippen molar-refractivity contribution < 1.29 is 14.6 Å². The van der Waals surface area contributed by atoms with Crippen molar-refractivity contribution in [3.63, 3.8) is 0 Å². The van der Waals surface area contributed by atoms with Gasteiger partial charge in [-0.3, -0.25) is 9.69 Å². The molecule has 1 heterocycles. The van der Waals surface area contributed by atoms with Crippen LogP contribution < -0.4 is 5.32 Å². The summed E-state index contributed by atoms with van der Waals surface area (Å²) in [5, 5.41) is 13.0. The molecule has 0 bridgehead atoms. The zero-order chi connectivity index (χ0) is 24.0. The highest BCUT2D eigenvalue weighted by atomic mass is 16.5. The number of ether oxygens (including phenoxy) is 1. The fourth-order valence-corrected chi connectivity index (χ4v) is 4.74. The van der Waals surface area contributed by atoms with E-state index in [1.54, 1.807) is 0 Å². The summed E-state index contributed by atoms with van der Waals surface area (Å²) in [5.74, 6) is 0.551. The zero-order valence-electron chi connectivity index (χ0n) is 22.1. The Morgan fingerprint density at radius 2 is 1.55 bits per heavy atom. The minimum Gasteiger partial charge on any atom is -0.465 e. The van der Waals surface area contributed by atoms with Crippen molar-refractivity contribution in [1.82, 2.24) is 10.2 Å². The molecular formula is C28H56N2O3. The number of nitrogens with zero attached hydrogens (tertiary/aromatic N) is 1. The first kappa shape index (κ1) is 30.4. The van der Waals surface area contributed by atoms with Gasteiger partial charge in [-0.1, -0.05) is 84.5 Å². The third-order valence-electron chi connectivity index (χ3n) is 7.00. The van der Waals surface area contributed by atoms with Crippen molar-refractivity contribution in [1.29, 1.82) is 0 Å². The third-order valence-corrected chi connectivity index (χ3v) is 7.00. The number of hydrogen-bond donors (Lipinski definition) is 2. The lowest BCUT2D eigenvalue weighted by molar-refractivity contribution is -0.145. The molecule has 2 atom stereocenters. The largest absolute Gasteiger partial charge is 0.465 e. The smallest absolute Gasteiger partial charge is 0.305 e. The highest BCUT2D eigenvalue weighted by Crippen LogP contribution is 2.20. The van der Waals surface area contributed by atoms with Gasteiger partial charge >= 0.3 is 5.97 Å². The summed E-state index contributed by atoms with van der Waals surface area (Å²) < 4.78 is 5.69. The third kappa shape index (κ3) is 18.4. The lowest BCUT2D eigenvalue weighted by Crippen LogP contribution is -2.31. The van der Waals surface area contributed by atoms with Gasteiger partial charge in [-0.05, 0) is 44.6 Å². The number of hydrogen-bond acceptors (Lipinski definition) is 5. The summed E-state index contributed by atoms with van der Waals surface area (Å²) in [6, 6.07) is 0. The van der Waals surface area contributed by atoms with Gasteiger partial charge in [0.05, 0.1) is 12.7 Å². The van der Waals surface area contributed by atoms with Gasteiger partial charge in [-0.25, -0.2) is 0 Å². The van der Waals surface area contributed by atoms with Gasteiger partial charge < -0.3 is 15.2 Å². The Bertz CT molecular complexity index is 447.